The summed E-state index contributed by atoms with van der Waals surface area (Å²) in [6.07, 6.45) is 0.371. The van der Waals surface area contributed by atoms with Crippen LogP contribution in [0.1, 0.15) is 32.1 Å². The zero-order chi connectivity index (χ0) is 16.6. The van der Waals surface area contributed by atoms with Gasteiger partial charge in [0, 0.05) is 22.9 Å². The van der Waals surface area contributed by atoms with Crippen LogP contribution in [0.3, 0.4) is 0 Å². The van der Waals surface area contributed by atoms with Gasteiger partial charge in [0.25, 0.3) is 0 Å². The number of rotatable bonds is 2. The van der Waals surface area contributed by atoms with Crippen molar-refractivity contribution >= 4 is 29.1 Å². The number of hydrogen-bond acceptors (Lipinski definition) is 4. The summed E-state index contributed by atoms with van der Waals surface area (Å²) in [6.45, 7) is 5.99. The van der Waals surface area contributed by atoms with Gasteiger partial charge in [0.2, 0.25) is 5.91 Å². The minimum atomic E-state index is -0.428. The fraction of sp³-hybridized carbons (Fsp3) is 0.312. The van der Waals surface area contributed by atoms with E-state index in [9.17, 15) is 9.59 Å². The van der Waals surface area contributed by atoms with Gasteiger partial charge >= 0.3 is 6.03 Å². The van der Waals surface area contributed by atoms with Gasteiger partial charge in [0.1, 0.15) is 5.76 Å². The third-order valence-electron chi connectivity index (χ3n) is 3.48. The highest BCUT2D eigenvalue weighted by atomic mass is 16.5. The Morgan fingerprint density at radius 3 is 2.74 bits per heavy atom. The number of urea groups is 1. The van der Waals surface area contributed by atoms with Crippen LogP contribution in [0.25, 0.3) is 0 Å². The summed E-state index contributed by atoms with van der Waals surface area (Å²) in [5.74, 6) is 0.994. The van der Waals surface area contributed by atoms with Crippen LogP contribution in [0.2, 0.25) is 0 Å². The fourth-order valence-corrected chi connectivity index (χ4v) is 2.26. The lowest BCUT2D eigenvalue weighted by Crippen LogP contribution is -2.19. The number of carbonyl (C=O) groups is 2. The molecule has 3 N–H and O–H groups in total. The molecule has 0 saturated carbocycles. The van der Waals surface area contributed by atoms with Crippen molar-refractivity contribution in [2.45, 2.75) is 32.6 Å². The van der Waals surface area contributed by atoms with Crippen LogP contribution in [0.4, 0.5) is 22.0 Å². The van der Waals surface area contributed by atoms with Crippen molar-refractivity contribution in [3.63, 3.8) is 0 Å². The first-order valence-corrected chi connectivity index (χ1v) is 7.29. The van der Waals surface area contributed by atoms with E-state index in [-0.39, 0.29) is 11.3 Å². The lowest BCUT2D eigenvalue weighted by Gasteiger charge is -2.12. The van der Waals surface area contributed by atoms with Gasteiger partial charge in [0.15, 0.2) is 5.82 Å². The summed E-state index contributed by atoms with van der Waals surface area (Å²) < 4.78 is 5.21. The molecule has 120 valence electrons. The first-order valence-electron chi connectivity index (χ1n) is 7.29. The number of fused-ring (bicyclic) bond motifs is 1. The van der Waals surface area contributed by atoms with Crippen LogP contribution >= 0.6 is 0 Å². The Balaban J connectivity index is 1.65. The van der Waals surface area contributed by atoms with E-state index >= 15 is 0 Å². The van der Waals surface area contributed by atoms with Gasteiger partial charge in [-0.2, -0.15) is 0 Å². The van der Waals surface area contributed by atoms with E-state index in [1.54, 1.807) is 18.2 Å². The molecule has 1 aromatic carbocycles. The Morgan fingerprint density at radius 2 is 2.04 bits per heavy atom. The quantitative estimate of drug-likeness (QED) is 0.793. The van der Waals surface area contributed by atoms with Crippen LogP contribution < -0.4 is 16.0 Å². The Labute approximate surface area is 133 Å². The van der Waals surface area contributed by atoms with Crippen molar-refractivity contribution < 1.29 is 14.1 Å². The monoisotopic (exact) mass is 314 g/mol. The molecule has 1 aliphatic rings. The van der Waals surface area contributed by atoms with Crippen molar-refractivity contribution in [3.8, 4) is 0 Å². The van der Waals surface area contributed by atoms with E-state index < -0.39 is 6.03 Å². The van der Waals surface area contributed by atoms with Crippen molar-refractivity contribution in [1.29, 1.82) is 0 Å². The van der Waals surface area contributed by atoms with Crippen LogP contribution in [0.15, 0.2) is 28.8 Å². The molecule has 0 radical (unpaired) electrons. The lowest BCUT2D eigenvalue weighted by molar-refractivity contribution is -0.115. The topological polar surface area (TPSA) is 96.3 Å². The molecule has 0 unspecified atom stereocenters. The van der Waals surface area contributed by atoms with Crippen LogP contribution in [-0.4, -0.2) is 17.1 Å². The van der Waals surface area contributed by atoms with Crippen molar-refractivity contribution in [2.75, 3.05) is 16.0 Å². The number of anilines is 3. The molecule has 0 spiro atoms. The summed E-state index contributed by atoms with van der Waals surface area (Å²) >= 11 is 0. The molecule has 3 rings (SSSR count). The summed E-state index contributed by atoms with van der Waals surface area (Å²) in [5, 5.41) is 11.9. The molecule has 2 aromatic rings. The molecule has 3 amide bonds. The van der Waals surface area contributed by atoms with Gasteiger partial charge in [-0.05, 0) is 17.7 Å². The molecule has 0 bridgehead atoms. The maximum absolute atomic E-state index is 12.0. The second-order valence-corrected chi connectivity index (χ2v) is 6.50. The average molecular weight is 314 g/mol. The molecule has 7 heteroatoms. The number of nitrogens with zero attached hydrogens (tertiary/aromatic N) is 1. The lowest BCUT2D eigenvalue weighted by atomic mass is 9.93. The Bertz CT molecular complexity index is 774. The normalized spacial score (nSPS) is 13.4. The number of hydrogen-bond donors (Lipinski definition) is 3. The average Bonchev–Trinajstić information content (AvgIpc) is 3.03. The van der Waals surface area contributed by atoms with Gasteiger partial charge in [-0.15, -0.1) is 0 Å². The third-order valence-corrected chi connectivity index (χ3v) is 3.48. The van der Waals surface area contributed by atoms with Crippen LogP contribution in [0.5, 0.6) is 0 Å². The molecule has 0 atom stereocenters. The maximum atomic E-state index is 12.0. The van der Waals surface area contributed by atoms with E-state index in [0.29, 0.717) is 23.7 Å². The highest BCUT2D eigenvalue weighted by Crippen LogP contribution is 2.27. The van der Waals surface area contributed by atoms with E-state index in [2.05, 4.69) is 21.1 Å². The molecule has 1 aliphatic heterocycles. The molecular formula is C16H18N4O3. The van der Waals surface area contributed by atoms with Gasteiger partial charge in [-0.3, -0.25) is 10.1 Å². The molecule has 0 fully saturated rings. The fourth-order valence-electron chi connectivity index (χ4n) is 2.26. The minimum absolute atomic E-state index is 0.0427. The molecule has 1 aromatic heterocycles. The van der Waals surface area contributed by atoms with Crippen molar-refractivity contribution in [3.05, 3.63) is 35.6 Å². The van der Waals surface area contributed by atoms with E-state index in [0.717, 1.165) is 11.3 Å². The third kappa shape index (κ3) is 3.33. The first kappa shape index (κ1) is 15.1. The predicted molar refractivity (Wildman–Crippen MR) is 86.6 cm³/mol. The van der Waals surface area contributed by atoms with Gasteiger partial charge < -0.3 is 15.2 Å². The molecular weight excluding hydrogens is 296 g/mol. The number of carbonyl (C=O) groups excluding carboxylic acids is 2. The summed E-state index contributed by atoms with van der Waals surface area (Å²) in [5.41, 5.74) is 2.06. The Morgan fingerprint density at radius 1 is 1.26 bits per heavy atom. The molecule has 7 nitrogen and oxygen atoms in total. The second kappa shape index (κ2) is 5.42. The summed E-state index contributed by atoms with van der Waals surface area (Å²) in [6, 6.07) is 6.56. The summed E-state index contributed by atoms with van der Waals surface area (Å²) in [4.78, 5) is 23.3. The molecule has 0 aliphatic carbocycles. The second-order valence-electron chi connectivity index (χ2n) is 6.50. The Kier molecular flexibility index (Phi) is 3.55. The van der Waals surface area contributed by atoms with E-state index in [1.165, 1.54) is 0 Å². The highest BCUT2D eigenvalue weighted by molar-refractivity contribution is 6.02. The van der Waals surface area contributed by atoms with E-state index in [4.69, 9.17) is 4.52 Å². The number of nitrogens with one attached hydrogen (secondary N) is 3. The van der Waals surface area contributed by atoms with Gasteiger partial charge in [-0.1, -0.05) is 32.0 Å². The standard InChI is InChI=1S/C16H18N4O3/c1-16(2,3)12-8-13(20-23-12)19-15(22)17-10-5-4-9-6-14(21)18-11(9)7-10/h4-5,7-8H,6H2,1-3H3,(H,18,21)(H2,17,19,20,22). The number of aromatic nitrogens is 1. The zero-order valence-electron chi connectivity index (χ0n) is 13.2. The molecule has 2 heterocycles. The smallest absolute Gasteiger partial charge is 0.324 e. The van der Waals surface area contributed by atoms with Crippen molar-refractivity contribution in [1.82, 2.24) is 5.16 Å². The molecule has 23 heavy (non-hydrogen) atoms. The first-order chi connectivity index (χ1) is 10.8. The minimum Gasteiger partial charge on any atom is -0.359 e. The molecule has 0 saturated heterocycles. The van der Waals surface area contributed by atoms with Crippen LogP contribution in [0, 0.1) is 0 Å². The number of benzene rings is 1. The summed E-state index contributed by atoms with van der Waals surface area (Å²) in [7, 11) is 0. The maximum Gasteiger partial charge on any atom is 0.324 e. The largest absolute Gasteiger partial charge is 0.359 e. The highest BCUT2D eigenvalue weighted by Gasteiger charge is 2.21. The predicted octanol–water partition coefficient (Wildman–Crippen LogP) is 3.11. The van der Waals surface area contributed by atoms with Crippen molar-refractivity contribution in [2.24, 2.45) is 0 Å². The van der Waals surface area contributed by atoms with Gasteiger partial charge in [-0.25, -0.2) is 4.79 Å². The zero-order valence-corrected chi connectivity index (χ0v) is 13.2. The number of amides is 3. The Hall–Kier alpha value is -2.83. The van der Waals surface area contributed by atoms with E-state index in [1.807, 2.05) is 26.8 Å². The SMILES string of the molecule is CC(C)(C)c1cc(NC(=O)Nc2ccc3c(c2)NC(=O)C3)no1. The van der Waals surface area contributed by atoms with Gasteiger partial charge in [0.05, 0.1) is 6.42 Å². The van der Waals surface area contributed by atoms with Crippen LogP contribution in [-0.2, 0) is 16.6 Å².